The molecule has 1 aliphatic heterocycles. The van der Waals surface area contributed by atoms with Crippen molar-refractivity contribution in [1.82, 2.24) is 29.7 Å². The lowest BCUT2D eigenvalue weighted by Crippen LogP contribution is -2.48. The minimum atomic E-state index is -0.0369. The molecule has 1 aromatic carbocycles. The number of rotatable bonds is 7. The van der Waals surface area contributed by atoms with Gasteiger partial charge in [0.2, 0.25) is 11.8 Å². The summed E-state index contributed by atoms with van der Waals surface area (Å²) >= 11 is 0. The second-order valence-corrected chi connectivity index (χ2v) is 8.72. The molecule has 2 aromatic heterocycles. The van der Waals surface area contributed by atoms with E-state index < -0.39 is 0 Å². The first-order valence-corrected chi connectivity index (χ1v) is 11.1. The summed E-state index contributed by atoms with van der Waals surface area (Å²) in [6.07, 6.45) is 0. The second-order valence-electron chi connectivity index (χ2n) is 8.72. The standard InChI is InChI=1S/C23H31N7O2/c1-16(2)23-25-22(32-27-23)15-29-11-9-28(10-12-29)14-21(31)24-20-13-18(4)26-30(20)19-7-5-17(3)6-8-19/h5-8,13,16H,9-12,14-15H2,1-4H3,(H,24,31). The van der Waals surface area contributed by atoms with Crippen molar-refractivity contribution in [2.24, 2.45) is 0 Å². The minimum absolute atomic E-state index is 0.0369. The van der Waals surface area contributed by atoms with Gasteiger partial charge < -0.3 is 9.84 Å². The Morgan fingerprint density at radius 3 is 2.44 bits per heavy atom. The first kappa shape index (κ1) is 22.2. The number of hydrogen-bond donors (Lipinski definition) is 1. The lowest BCUT2D eigenvalue weighted by Gasteiger charge is -2.33. The Hall–Kier alpha value is -3.04. The maximum Gasteiger partial charge on any atom is 0.240 e. The summed E-state index contributed by atoms with van der Waals surface area (Å²) in [4.78, 5) is 21.6. The zero-order valence-electron chi connectivity index (χ0n) is 19.2. The molecule has 0 aliphatic carbocycles. The molecular weight excluding hydrogens is 406 g/mol. The van der Waals surface area contributed by atoms with Gasteiger partial charge in [0.15, 0.2) is 5.82 Å². The number of benzene rings is 1. The summed E-state index contributed by atoms with van der Waals surface area (Å²) < 4.78 is 7.13. The van der Waals surface area contributed by atoms with E-state index in [1.807, 2.05) is 58.0 Å². The first-order valence-electron chi connectivity index (χ1n) is 11.1. The molecule has 3 aromatic rings. The van der Waals surface area contributed by atoms with Crippen molar-refractivity contribution in [3.8, 4) is 5.69 Å². The number of amides is 1. The van der Waals surface area contributed by atoms with Crippen LogP contribution in [0, 0.1) is 13.8 Å². The molecule has 1 fully saturated rings. The Morgan fingerprint density at radius 2 is 1.78 bits per heavy atom. The number of hydrogen-bond acceptors (Lipinski definition) is 7. The summed E-state index contributed by atoms with van der Waals surface area (Å²) in [5.74, 6) is 2.31. The largest absolute Gasteiger partial charge is 0.338 e. The van der Waals surface area contributed by atoms with E-state index in [0.29, 0.717) is 24.8 Å². The van der Waals surface area contributed by atoms with E-state index in [-0.39, 0.29) is 11.8 Å². The van der Waals surface area contributed by atoms with Crippen LogP contribution in [0.3, 0.4) is 0 Å². The van der Waals surface area contributed by atoms with Gasteiger partial charge in [0.1, 0.15) is 5.82 Å². The number of carbonyl (C=O) groups excluding carboxylic acids is 1. The highest BCUT2D eigenvalue weighted by molar-refractivity contribution is 5.91. The van der Waals surface area contributed by atoms with Crippen LogP contribution < -0.4 is 5.32 Å². The summed E-state index contributed by atoms with van der Waals surface area (Å²) in [6, 6.07) is 9.98. The maximum atomic E-state index is 12.7. The quantitative estimate of drug-likeness (QED) is 0.608. The fourth-order valence-electron chi connectivity index (χ4n) is 3.72. The van der Waals surface area contributed by atoms with E-state index in [2.05, 4.69) is 30.4 Å². The molecule has 32 heavy (non-hydrogen) atoms. The maximum absolute atomic E-state index is 12.7. The zero-order chi connectivity index (χ0) is 22.7. The van der Waals surface area contributed by atoms with E-state index in [1.54, 1.807) is 4.68 Å². The molecule has 0 unspecified atom stereocenters. The van der Waals surface area contributed by atoms with Crippen LogP contribution >= 0.6 is 0 Å². The van der Waals surface area contributed by atoms with Crippen LogP contribution in [0.1, 0.15) is 42.7 Å². The highest BCUT2D eigenvalue weighted by Crippen LogP contribution is 2.18. The molecule has 4 rings (SSSR count). The van der Waals surface area contributed by atoms with Gasteiger partial charge in [0, 0.05) is 38.2 Å². The van der Waals surface area contributed by atoms with Crippen molar-refractivity contribution in [3.05, 3.63) is 53.3 Å². The highest BCUT2D eigenvalue weighted by atomic mass is 16.5. The zero-order valence-corrected chi connectivity index (χ0v) is 19.2. The molecule has 9 nitrogen and oxygen atoms in total. The van der Waals surface area contributed by atoms with E-state index in [0.717, 1.165) is 43.4 Å². The summed E-state index contributed by atoms with van der Waals surface area (Å²) in [5, 5.41) is 11.6. The fraction of sp³-hybridized carbons (Fsp3) is 0.478. The normalized spacial score (nSPS) is 15.4. The topological polar surface area (TPSA) is 92.3 Å². The predicted octanol–water partition coefficient (Wildman–Crippen LogP) is 2.75. The molecule has 1 aliphatic rings. The van der Waals surface area contributed by atoms with Crippen molar-refractivity contribution >= 4 is 11.7 Å². The number of nitrogens with one attached hydrogen (secondary N) is 1. The second kappa shape index (κ2) is 9.62. The first-order chi connectivity index (χ1) is 15.4. The van der Waals surface area contributed by atoms with Gasteiger partial charge >= 0.3 is 0 Å². The van der Waals surface area contributed by atoms with Crippen LogP contribution in [0.4, 0.5) is 5.82 Å². The average Bonchev–Trinajstić information content (AvgIpc) is 3.37. The lowest BCUT2D eigenvalue weighted by molar-refractivity contribution is -0.117. The Balaban J connectivity index is 1.29. The van der Waals surface area contributed by atoms with Crippen LogP contribution in [0.5, 0.6) is 0 Å². The molecule has 0 saturated carbocycles. The van der Waals surface area contributed by atoms with E-state index in [1.165, 1.54) is 5.56 Å². The van der Waals surface area contributed by atoms with Crippen LogP contribution in [0.2, 0.25) is 0 Å². The van der Waals surface area contributed by atoms with E-state index in [4.69, 9.17) is 4.52 Å². The van der Waals surface area contributed by atoms with Crippen molar-refractivity contribution in [1.29, 1.82) is 0 Å². The van der Waals surface area contributed by atoms with Crippen LogP contribution in [0.25, 0.3) is 5.69 Å². The summed E-state index contributed by atoms with van der Waals surface area (Å²) in [6.45, 7) is 12.4. The fourth-order valence-corrected chi connectivity index (χ4v) is 3.72. The molecule has 1 saturated heterocycles. The highest BCUT2D eigenvalue weighted by Gasteiger charge is 2.22. The van der Waals surface area contributed by atoms with Gasteiger partial charge in [-0.1, -0.05) is 36.7 Å². The smallest absolute Gasteiger partial charge is 0.240 e. The average molecular weight is 438 g/mol. The summed E-state index contributed by atoms with van der Waals surface area (Å²) in [5.41, 5.74) is 2.97. The van der Waals surface area contributed by atoms with Gasteiger partial charge in [-0.25, -0.2) is 4.68 Å². The number of aromatic nitrogens is 4. The van der Waals surface area contributed by atoms with Gasteiger partial charge in [-0.05, 0) is 26.0 Å². The Kier molecular flexibility index (Phi) is 6.66. The number of nitrogens with zero attached hydrogens (tertiary/aromatic N) is 6. The third-order valence-corrected chi connectivity index (χ3v) is 5.57. The van der Waals surface area contributed by atoms with Gasteiger partial charge in [-0.3, -0.25) is 14.6 Å². The third-order valence-electron chi connectivity index (χ3n) is 5.57. The SMILES string of the molecule is Cc1ccc(-n2nc(C)cc2NC(=O)CN2CCN(Cc3nc(C(C)C)no3)CC2)cc1. The molecule has 1 amide bonds. The molecule has 0 radical (unpaired) electrons. The van der Waals surface area contributed by atoms with Crippen LogP contribution in [-0.4, -0.2) is 68.4 Å². The van der Waals surface area contributed by atoms with Crippen molar-refractivity contribution < 1.29 is 9.32 Å². The van der Waals surface area contributed by atoms with Crippen molar-refractivity contribution in [3.63, 3.8) is 0 Å². The van der Waals surface area contributed by atoms with Gasteiger partial charge in [-0.15, -0.1) is 0 Å². The molecular formula is C23H31N7O2. The van der Waals surface area contributed by atoms with Crippen LogP contribution in [-0.2, 0) is 11.3 Å². The predicted molar refractivity (Wildman–Crippen MR) is 122 cm³/mol. The lowest BCUT2D eigenvalue weighted by atomic mass is 10.2. The van der Waals surface area contributed by atoms with Gasteiger partial charge in [-0.2, -0.15) is 10.1 Å². The molecule has 3 heterocycles. The molecule has 170 valence electrons. The van der Waals surface area contributed by atoms with Gasteiger partial charge in [0.25, 0.3) is 0 Å². The Labute approximate surface area is 188 Å². The summed E-state index contributed by atoms with van der Waals surface area (Å²) in [7, 11) is 0. The molecule has 0 atom stereocenters. The van der Waals surface area contributed by atoms with Crippen molar-refractivity contribution in [2.75, 3.05) is 38.0 Å². The van der Waals surface area contributed by atoms with Crippen molar-refractivity contribution in [2.45, 2.75) is 40.2 Å². The molecule has 0 bridgehead atoms. The number of piperazine rings is 1. The molecule has 0 spiro atoms. The Morgan fingerprint density at radius 1 is 1.09 bits per heavy atom. The minimum Gasteiger partial charge on any atom is -0.338 e. The molecule has 9 heteroatoms. The number of carbonyl (C=O) groups is 1. The third kappa shape index (κ3) is 5.41. The number of anilines is 1. The molecule has 1 N–H and O–H groups in total. The Bertz CT molecular complexity index is 1050. The monoisotopic (exact) mass is 437 g/mol. The van der Waals surface area contributed by atoms with E-state index >= 15 is 0 Å². The number of aryl methyl sites for hydroxylation is 2. The van der Waals surface area contributed by atoms with Gasteiger partial charge in [0.05, 0.1) is 24.5 Å². The van der Waals surface area contributed by atoms with Crippen LogP contribution in [0.15, 0.2) is 34.9 Å². The van der Waals surface area contributed by atoms with E-state index in [9.17, 15) is 4.79 Å².